The lowest BCUT2D eigenvalue weighted by atomic mass is 10.1. The van der Waals surface area contributed by atoms with E-state index in [2.05, 4.69) is 21.6 Å². The molecule has 0 saturated heterocycles. The SMILES string of the molecule is CC(=O)N(c1c(C#N)cnn1-c1nn2c(c1Cl)CCCC2)[C@H](C)C(=O)NCC1C=CC=C1. The number of halogens is 1. The third-order valence-electron chi connectivity index (χ3n) is 5.75. The van der Waals surface area contributed by atoms with Crippen LogP contribution in [0.5, 0.6) is 0 Å². The summed E-state index contributed by atoms with van der Waals surface area (Å²) in [6.45, 7) is 4.14. The summed E-state index contributed by atoms with van der Waals surface area (Å²) in [4.78, 5) is 26.9. The Hall–Kier alpha value is -3.38. The van der Waals surface area contributed by atoms with Crippen LogP contribution in [0.3, 0.4) is 0 Å². The molecular weight excluding hydrogens is 430 g/mol. The number of carbonyl (C=O) groups is 2. The van der Waals surface area contributed by atoms with Crippen molar-refractivity contribution >= 4 is 29.2 Å². The standard InChI is InChI=1S/C22H24ClN7O2/c1-14(21(32)25-12-16-7-3-4-8-16)29(15(2)31)22-17(11-24)13-26-30(22)20-19(23)18-9-5-6-10-28(18)27-20/h3-4,7-8,13-14,16H,5-6,9-10,12H2,1-2H3,(H,25,32)/t14-/m1/s1. The van der Waals surface area contributed by atoms with E-state index >= 15 is 0 Å². The maximum absolute atomic E-state index is 12.9. The van der Waals surface area contributed by atoms with E-state index in [1.807, 2.05) is 29.0 Å². The molecule has 166 valence electrons. The highest BCUT2D eigenvalue weighted by molar-refractivity contribution is 6.33. The molecule has 2 aromatic heterocycles. The Morgan fingerprint density at radius 1 is 1.38 bits per heavy atom. The first kappa shape index (κ1) is 21.8. The fourth-order valence-corrected chi connectivity index (χ4v) is 4.39. The van der Waals surface area contributed by atoms with Gasteiger partial charge in [-0.2, -0.15) is 20.1 Å². The van der Waals surface area contributed by atoms with Gasteiger partial charge in [-0.15, -0.1) is 0 Å². The van der Waals surface area contributed by atoms with Crippen LogP contribution in [0.1, 0.15) is 37.9 Å². The molecule has 10 heteroatoms. The van der Waals surface area contributed by atoms with Gasteiger partial charge in [-0.1, -0.05) is 35.9 Å². The van der Waals surface area contributed by atoms with Gasteiger partial charge in [0.2, 0.25) is 11.8 Å². The van der Waals surface area contributed by atoms with Crippen LogP contribution in [0.4, 0.5) is 5.82 Å². The minimum atomic E-state index is -0.875. The van der Waals surface area contributed by atoms with Gasteiger partial charge in [-0.25, -0.2) is 0 Å². The molecule has 1 aliphatic carbocycles. The predicted molar refractivity (Wildman–Crippen MR) is 119 cm³/mol. The second-order valence-electron chi connectivity index (χ2n) is 7.91. The van der Waals surface area contributed by atoms with Crippen molar-refractivity contribution in [2.24, 2.45) is 5.92 Å². The maximum atomic E-state index is 12.9. The smallest absolute Gasteiger partial charge is 0.242 e. The molecular formula is C22H24ClN7O2. The molecule has 9 nitrogen and oxygen atoms in total. The minimum absolute atomic E-state index is 0.118. The molecule has 1 aliphatic heterocycles. The van der Waals surface area contributed by atoms with Crippen LogP contribution in [0.25, 0.3) is 5.82 Å². The van der Waals surface area contributed by atoms with Crippen molar-refractivity contribution < 1.29 is 9.59 Å². The third kappa shape index (κ3) is 3.94. The molecule has 0 fully saturated rings. The van der Waals surface area contributed by atoms with Gasteiger partial charge in [0.15, 0.2) is 11.6 Å². The normalized spacial score (nSPS) is 15.9. The number of aryl methyl sites for hydroxylation is 1. The number of fused-ring (bicyclic) bond motifs is 1. The molecule has 4 rings (SSSR count). The summed E-state index contributed by atoms with van der Waals surface area (Å²) in [6.07, 6.45) is 12.0. The number of rotatable bonds is 6. The van der Waals surface area contributed by atoms with E-state index in [1.165, 1.54) is 22.7 Å². The van der Waals surface area contributed by atoms with Crippen LogP contribution in [-0.4, -0.2) is 44.0 Å². The largest absolute Gasteiger partial charge is 0.353 e. The second kappa shape index (κ2) is 9.01. The van der Waals surface area contributed by atoms with Crippen LogP contribution in [0, 0.1) is 17.2 Å². The lowest BCUT2D eigenvalue weighted by molar-refractivity contribution is -0.125. The van der Waals surface area contributed by atoms with Gasteiger partial charge in [0.25, 0.3) is 0 Å². The number of hydrogen-bond donors (Lipinski definition) is 1. The highest BCUT2D eigenvalue weighted by Crippen LogP contribution is 2.33. The van der Waals surface area contributed by atoms with Crippen LogP contribution < -0.4 is 10.2 Å². The second-order valence-corrected chi connectivity index (χ2v) is 8.29. The van der Waals surface area contributed by atoms with E-state index in [4.69, 9.17) is 11.6 Å². The van der Waals surface area contributed by atoms with E-state index in [9.17, 15) is 14.9 Å². The van der Waals surface area contributed by atoms with Gasteiger partial charge in [0.1, 0.15) is 22.7 Å². The Morgan fingerprint density at radius 2 is 2.12 bits per heavy atom. The highest BCUT2D eigenvalue weighted by Gasteiger charge is 2.33. The number of nitrogens with zero attached hydrogens (tertiary/aromatic N) is 6. The quantitative estimate of drug-likeness (QED) is 0.722. The first-order valence-electron chi connectivity index (χ1n) is 10.6. The van der Waals surface area contributed by atoms with Gasteiger partial charge in [0, 0.05) is 25.9 Å². The first-order valence-corrected chi connectivity index (χ1v) is 11.0. The number of aromatic nitrogens is 4. The van der Waals surface area contributed by atoms with Crippen molar-refractivity contribution in [1.82, 2.24) is 24.9 Å². The van der Waals surface area contributed by atoms with E-state index in [0.29, 0.717) is 17.4 Å². The summed E-state index contributed by atoms with van der Waals surface area (Å²) < 4.78 is 3.23. The van der Waals surface area contributed by atoms with Crippen molar-refractivity contribution in [3.8, 4) is 11.9 Å². The van der Waals surface area contributed by atoms with Crippen molar-refractivity contribution in [2.45, 2.75) is 45.7 Å². The van der Waals surface area contributed by atoms with Crippen LogP contribution in [0.15, 0.2) is 30.5 Å². The summed E-state index contributed by atoms with van der Waals surface area (Å²) in [5.41, 5.74) is 1.06. The topological polar surface area (TPSA) is 109 Å². The molecule has 0 bridgehead atoms. The summed E-state index contributed by atoms with van der Waals surface area (Å²) >= 11 is 6.63. The molecule has 2 aliphatic rings. The van der Waals surface area contributed by atoms with E-state index in [1.54, 1.807) is 6.92 Å². The van der Waals surface area contributed by atoms with E-state index in [-0.39, 0.29) is 23.2 Å². The lowest BCUT2D eigenvalue weighted by Crippen LogP contribution is -2.49. The Labute approximate surface area is 190 Å². The summed E-state index contributed by atoms with van der Waals surface area (Å²) in [5.74, 6) is -0.0824. The number of hydrogen-bond acceptors (Lipinski definition) is 5. The molecule has 0 unspecified atom stereocenters. The Kier molecular flexibility index (Phi) is 6.15. The molecule has 0 spiro atoms. The minimum Gasteiger partial charge on any atom is -0.353 e. The fraction of sp³-hybridized carbons (Fsp3) is 0.409. The number of amides is 2. The van der Waals surface area contributed by atoms with Crippen molar-refractivity contribution in [1.29, 1.82) is 5.26 Å². The first-order chi connectivity index (χ1) is 15.4. The average molecular weight is 454 g/mol. The summed E-state index contributed by atoms with van der Waals surface area (Å²) in [7, 11) is 0. The van der Waals surface area contributed by atoms with E-state index in [0.717, 1.165) is 31.5 Å². The van der Waals surface area contributed by atoms with Crippen molar-refractivity contribution in [3.05, 3.63) is 46.8 Å². The average Bonchev–Trinajstić information content (AvgIpc) is 3.51. The maximum Gasteiger partial charge on any atom is 0.242 e. The number of nitriles is 1. The molecule has 3 heterocycles. The lowest BCUT2D eigenvalue weighted by Gasteiger charge is -2.28. The Bertz CT molecular complexity index is 1140. The Balaban J connectivity index is 1.69. The number of anilines is 1. The van der Waals surface area contributed by atoms with Gasteiger partial charge < -0.3 is 5.32 Å². The molecule has 1 atom stereocenters. The van der Waals surface area contributed by atoms with Gasteiger partial charge in [0.05, 0.1) is 11.9 Å². The summed E-state index contributed by atoms with van der Waals surface area (Å²) in [5, 5.41) is 21.9. The number of carbonyl (C=O) groups excluding carboxylic acids is 2. The monoisotopic (exact) mass is 453 g/mol. The fourth-order valence-electron chi connectivity index (χ4n) is 4.08. The summed E-state index contributed by atoms with van der Waals surface area (Å²) in [6, 6.07) is 1.19. The molecule has 2 aromatic rings. The Morgan fingerprint density at radius 3 is 2.78 bits per heavy atom. The van der Waals surface area contributed by atoms with Gasteiger partial charge in [-0.05, 0) is 26.2 Å². The third-order valence-corrected chi connectivity index (χ3v) is 6.14. The van der Waals surface area contributed by atoms with Crippen LogP contribution >= 0.6 is 11.6 Å². The van der Waals surface area contributed by atoms with Crippen LogP contribution in [-0.2, 0) is 22.6 Å². The molecule has 32 heavy (non-hydrogen) atoms. The zero-order valence-corrected chi connectivity index (χ0v) is 18.7. The molecule has 2 amide bonds. The predicted octanol–water partition coefficient (Wildman–Crippen LogP) is 2.53. The van der Waals surface area contributed by atoms with Crippen molar-refractivity contribution in [3.63, 3.8) is 0 Å². The highest BCUT2D eigenvalue weighted by atomic mass is 35.5. The van der Waals surface area contributed by atoms with Crippen molar-refractivity contribution in [2.75, 3.05) is 11.4 Å². The van der Waals surface area contributed by atoms with Crippen LogP contribution in [0.2, 0.25) is 5.02 Å². The van der Waals surface area contributed by atoms with Gasteiger partial charge in [-0.3, -0.25) is 19.2 Å². The molecule has 0 aromatic carbocycles. The zero-order valence-electron chi connectivity index (χ0n) is 18.0. The van der Waals surface area contributed by atoms with Gasteiger partial charge >= 0.3 is 0 Å². The molecule has 0 radical (unpaired) electrons. The van der Waals surface area contributed by atoms with E-state index < -0.39 is 11.9 Å². The number of allylic oxidation sites excluding steroid dienone is 2. The number of nitrogens with one attached hydrogen (secondary N) is 1. The zero-order chi connectivity index (χ0) is 22.8. The molecule has 1 N–H and O–H groups in total. The molecule has 0 saturated carbocycles.